The van der Waals surface area contributed by atoms with Crippen molar-refractivity contribution in [2.24, 2.45) is 5.10 Å². The number of benzene rings is 3. The van der Waals surface area contributed by atoms with Gasteiger partial charge in [-0.2, -0.15) is 5.10 Å². The Hall–Kier alpha value is -4.09. The van der Waals surface area contributed by atoms with Crippen LogP contribution in [0.3, 0.4) is 0 Å². The first kappa shape index (κ1) is 27.5. The van der Waals surface area contributed by atoms with Crippen molar-refractivity contribution in [2.75, 3.05) is 36.1 Å². The van der Waals surface area contributed by atoms with Crippen molar-refractivity contribution in [3.8, 4) is 11.5 Å². The summed E-state index contributed by atoms with van der Waals surface area (Å²) in [4.78, 5) is 24.4. The number of sulfonamides is 1. The Bertz CT molecular complexity index is 1360. The van der Waals surface area contributed by atoms with E-state index in [4.69, 9.17) is 21.1 Å². The fraction of sp³-hybridized carbons (Fsp3) is 0.160. The highest BCUT2D eigenvalue weighted by molar-refractivity contribution is 7.92. The first-order valence-electron chi connectivity index (χ1n) is 10.9. The zero-order chi connectivity index (χ0) is 26.8. The minimum atomic E-state index is -3.71. The molecule has 0 aromatic heterocycles. The molecule has 0 atom stereocenters. The summed E-state index contributed by atoms with van der Waals surface area (Å²) in [6.45, 7) is -0.645. The molecule has 0 unspecified atom stereocenters. The van der Waals surface area contributed by atoms with Crippen LogP contribution in [0.15, 0.2) is 77.9 Å². The van der Waals surface area contributed by atoms with Crippen molar-refractivity contribution in [2.45, 2.75) is 0 Å². The summed E-state index contributed by atoms with van der Waals surface area (Å²) in [7, 11) is -2.22. The lowest BCUT2D eigenvalue weighted by Crippen LogP contribution is -2.39. The highest BCUT2D eigenvalue weighted by atomic mass is 35.5. The van der Waals surface area contributed by atoms with Gasteiger partial charge in [-0.3, -0.25) is 13.9 Å². The van der Waals surface area contributed by atoms with Crippen molar-refractivity contribution in [3.05, 3.63) is 83.4 Å². The van der Waals surface area contributed by atoms with Gasteiger partial charge in [0.05, 0.1) is 25.3 Å². The Morgan fingerprint density at radius 2 is 1.68 bits per heavy atom. The molecule has 0 saturated heterocycles. The van der Waals surface area contributed by atoms with Gasteiger partial charge in [-0.05, 0) is 72.3 Å². The fourth-order valence-electron chi connectivity index (χ4n) is 3.06. The summed E-state index contributed by atoms with van der Waals surface area (Å²) >= 11 is 5.90. The van der Waals surface area contributed by atoms with E-state index in [-0.39, 0.29) is 12.5 Å². The molecule has 194 valence electrons. The summed E-state index contributed by atoms with van der Waals surface area (Å²) in [5.41, 5.74) is 3.85. The van der Waals surface area contributed by atoms with Crippen molar-refractivity contribution in [1.29, 1.82) is 0 Å². The summed E-state index contributed by atoms with van der Waals surface area (Å²) in [5, 5.41) is 7.07. The molecule has 0 aliphatic rings. The average Bonchev–Trinajstić information content (AvgIpc) is 2.86. The fourth-order valence-corrected chi connectivity index (χ4v) is 4.10. The maximum absolute atomic E-state index is 12.3. The van der Waals surface area contributed by atoms with Gasteiger partial charge in [0.25, 0.3) is 11.8 Å². The molecule has 0 bridgehead atoms. The molecule has 3 aromatic carbocycles. The van der Waals surface area contributed by atoms with Gasteiger partial charge in [0.1, 0.15) is 18.0 Å². The number of hydrogen-bond acceptors (Lipinski definition) is 7. The summed E-state index contributed by atoms with van der Waals surface area (Å²) in [6.07, 6.45) is 2.41. The molecule has 0 heterocycles. The largest absolute Gasteiger partial charge is 0.497 e. The van der Waals surface area contributed by atoms with Crippen molar-refractivity contribution >= 4 is 51.0 Å². The maximum atomic E-state index is 12.3. The van der Waals surface area contributed by atoms with Gasteiger partial charge in [0.2, 0.25) is 10.0 Å². The van der Waals surface area contributed by atoms with Crippen LogP contribution in [0.1, 0.15) is 5.56 Å². The van der Waals surface area contributed by atoms with Crippen LogP contribution in [0.25, 0.3) is 0 Å². The normalized spacial score (nSPS) is 11.1. The zero-order valence-corrected chi connectivity index (χ0v) is 21.6. The molecule has 0 spiro atoms. The summed E-state index contributed by atoms with van der Waals surface area (Å²) in [5.74, 6) is 0.0609. The lowest BCUT2D eigenvalue weighted by Gasteiger charge is -2.21. The van der Waals surface area contributed by atoms with Gasteiger partial charge >= 0.3 is 0 Å². The Morgan fingerprint density at radius 3 is 2.30 bits per heavy atom. The van der Waals surface area contributed by atoms with Gasteiger partial charge < -0.3 is 14.8 Å². The lowest BCUT2D eigenvalue weighted by molar-refractivity contribution is -0.119. The van der Waals surface area contributed by atoms with E-state index in [1.165, 1.54) is 13.3 Å². The number of anilines is 2. The monoisotopic (exact) mass is 544 g/mol. The van der Waals surface area contributed by atoms with Crippen LogP contribution in [0, 0.1) is 0 Å². The van der Waals surface area contributed by atoms with Crippen molar-refractivity contribution in [3.63, 3.8) is 0 Å². The van der Waals surface area contributed by atoms with E-state index in [2.05, 4.69) is 15.8 Å². The van der Waals surface area contributed by atoms with E-state index in [1.807, 2.05) is 0 Å². The Kier molecular flexibility index (Phi) is 9.47. The predicted octanol–water partition coefficient (Wildman–Crippen LogP) is 3.28. The number of carbonyl (C=O) groups excluding carboxylic acids is 2. The van der Waals surface area contributed by atoms with Gasteiger partial charge in [0, 0.05) is 10.7 Å². The number of ether oxygens (including phenoxy) is 2. The Morgan fingerprint density at radius 1 is 1.00 bits per heavy atom. The van der Waals surface area contributed by atoms with E-state index in [0.717, 1.165) is 10.6 Å². The molecular weight excluding hydrogens is 520 g/mol. The molecule has 0 saturated carbocycles. The Balaban J connectivity index is 1.49. The number of amides is 2. The predicted molar refractivity (Wildman–Crippen MR) is 143 cm³/mol. The van der Waals surface area contributed by atoms with Crippen LogP contribution in [0.2, 0.25) is 5.02 Å². The van der Waals surface area contributed by atoms with Crippen LogP contribution >= 0.6 is 11.6 Å². The van der Waals surface area contributed by atoms with Crippen LogP contribution in [-0.2, 0) is 19.6 Å². The summed E-state index contributed by atoms with van der Waals surface area (Å²) < 4.78 is 35.9. The second-order valence-electron chi connectivity index (χ2n) is 7.68. The number of halogens is 1. The third kappa shape index (κ3) is 8.81. The average molecular weight is 545 g/mol. The minimum Gasteiger partial charge on any atom is -0.497 e. The van der Waals surface area contributed by atoms with Crippen LogP contribution in [-0.4, -0.2) is 53.0 Å². The zero-order valence-electron chi connectivity index (χ0n) is 20.0. The van der Waals surface area contributed by atoms with Crippen molar-refractivity contribution < 1.29 is 27.5 Å². The van der Waals surface area contributed by atoms with E-state index in [9.17, 15) is 18.0 Å². The molecule has 0 aliphatic carbocycles. The van der Waals surface area contributed by atoms with Crippen LogP contribution in [0.4, 0.5) is 11.4 Å². The smallest absolute Gasteiger partial charge is 0.262 e. The van der Waals surface area contributed by atoms with E-state index >= 15 is 0 Å². The number of carbonyl (C=O) groups is 2. The SMILES string of the molecule is COc1ccc(N(CC(=O)N/N=C\c2ccc(OCC(=O)Nc3cccc(Cl)c3)cc2)S(C)(=O)=O)cc1. The number of methoxy groups -OCH3 is 1. The molecule has 0 radical (unpaired) electrons. The third-order valence-electron chi connectivity index (χ3n) is 4.81. The number of nitrogens with one attached hydrogen (secondary N) is 2. The molecule has 10 nitrogen and oxygen atoms in total. The second-order valence-corrected chi connectivity index (χ2v) is 10.0. The van der Waals surface area contributed by atoms with Gasteiger partial charge in [0.15, 0.2) is 6.61 Å². The molecule has 12 heteroatoms. The molecule has 0 fully saturated rings. The number of hydrogen-bond donors (Lipinski definition) is 2. The van der Waals surface area contributed by atoms with E-state index < -0.39 is 22.5 Å². The highest BCUT2D eigenvalue weighted by Crippen LogP contribution is 2.21. The molecule has 37 heavy (non-hydrogen) atoms. The molecule has 3 aromatic rings. The number of hydrazone groups is 1. The first-order valence-corrected chi connectivity index (χ1v) is 13.1. The first-order chi connectivity index (χ1) is 17.6. The molecule has 0 aliphatic heterocycles. The number of nitrogens with zero attached hydrogens (tertiary/aromatic N) is 2. The number of rotatable bonds is 11. The van der Waals surface area contributed by atoms with Crippen LogP contribution in [0.5, 0.6) is 11.5 Å². The molecule has 2 amide bonds. The van der Waals surface area contributed by atoms with Gasteiger partial charge in [-0.1, -0.05) is 17.7 Å². The molecule has 3 rings (SSSR count). The maximum Gasteiger partial charge on any atom is 0.262 e. The highest BCUT2D eigenvalue weighted by Gasteiger charge is 2.20. The second kappa shape index (κ2) is 12.7. The third-order valence-corrected chi connectivity index (χ3v) is 6.18. The van der Waals surface area contributed by atoms with Crippen molar-refractivity contribution in [1.82, 2.24) is 5.43 Å². The molecule has 2 N–H and O–H groups in total. The standard InChI is InChI=1S/C25H25ClN4O6S/c1-35-22-12-8-21(9-13-22)30(37(2,33)34)16-24(31)29-27-15-18-6-10-23(11-7-18)36-17-25(32)28-20-5-3-4-19(26)14-20/h3-15H,16-17H2,1-2H3,(H,28,32)(H,29,31)/b27-15-. The Labute approximate surface area is 219 Å². The van der Waals surface area contributed by atoms with Gasteiger partial charge in [-0.25, -0.2) is 13.8 Å². The summed E-state index contributed by atoms with van der Waals surface area (Å²) in [6, 6.07) is 19.7. The van der Waals surface area contributed by atoms with E-state index in [0.29, 0.717) is 33.5 Å². The van der Waals surface area contributed by atoms with Gasteiger partial charge in [-0.15, -0.1) is 0 Å². The molecular formula is C25H25ClN4O6S. The minimum absolute atomic E-state index is 0.193. The van der Waals surface area contributed by atoms with Crippen LogP contribution < -0.4 is 24.5 Å². The van der Waals surface area contributed by atoms with E-state index in [1.54, 1.807) is 72.8 Å². The topological polar surface area (TPSA) is 126 Å². The quantitative estimate of drug-likeness (QED) is 0.282. The lowest BCUT2D eigenvalue weighted by atomic mass is 10.2.